The molecule has 0 bridgehead atoms. The summed E-state index contributed by atoms with van der Waals surface area (Å²) in [6.45, 7) is 2.84. The Kier molecular flexibility index (Phi) is 4.18. The molecule has 7 nitrogen and oxygen atoms in total. The molecule has 2 aromatic heterocycles. The zero-order chi connectivity index (χ0) is 21.0. The summed E-state index contributed by atoms with van der Waals surface area (Å²) in [7, 11) is 0. The van der Waals surface area contributed by atoms with Gasteiger partial charge in [0.25, 0.3) is 0 Å². The number of carbonyl (C=O) groups is 2. The average molecular weight is 423 g/mol. The molecule has 3 heterocycles. The van der Waals surface area contributed by atoms with Crippen LogP contribution in [0.4, 0.5) is 11.4 Å². The van der Waals surface area contributed by atoms with Gasteiger partial charge in [-0.15, -0.1) is 0 Å². The molecule has 3 aromatic rings. The molecule has 1 aromatic carbocycles. The van der Waals surface area contributed by atoms with Crippen molar-refractivity contribution in [1.29, 1.82) is 0 Å². The molecule has 0 saturated carbocycles. The molecular weight excluding hydrogens is 404 g/mol. The molecule has 1 N–H and O–H groups in total. The van der Waals surface area contributed by atoms with Crippen LogP contribution >= 0.6 is 11.6 Å². The number of rotatable bonds is 4. The van der Waals surface area contributed by atoms with Gasteiger partial charge < -0.3 is 5.11 Å². The van der Waals surface area contributed by atoms with Gasteiger partial charge >= 0.3 is 5.97 Å². The molecule has 152 valence electrons. The van der Waals surface area contributed by atoms with Crippen LogP contribution in [-0.4, -0.2) is 31.7 Å². The lowest BCUT2D eigenvalue weighted by molar-refractivity contribution is -0.122. The Morgan fingerprint density at radius 3 is 2.87 bits per heavy atom. The van der Waals surface area contributed by atoms with Crippen LogP contribution in [0.15, 0.2) is 42.9 Å². The molecule has 0 saturated heterocycles. The normalized spacial score (nSPS) is 19.4. The summed E-state index contributed by atoms with van der Waals surface area (Å²) in [6, 6.07) is 7.12. The summed E-state index contributed by atoms with van der Waals surface area (Å²) in [5.41, 5.74) is 3.20. The monoisotopic (exact) mass is 422 g/mol. The molecule has 0 fully saturated rings. The Bertz CT molecular complexity index is 1200. The zero-order valence-corrected chi connectivity index (χ0v) is 17.1. The second kappa shape index (κ2) is 6.67. The molecule has 1 spiro atoms. The van der Waals surface area contributed by atoms with Gasteiger partial charge in [-0.3, -0.25) is 19.4 Å². The number of hydrogen-bond donors (Lipinski definition) is 1. The van der Waals surface area contributed by atoms with Gasteiger partial charge in [-0.25, -0.2) is 4.79 Å². The molecule has 1 atom stereocenters. The first-order chi connectivity index (χ1) is 14.4. The topological polar surface area (TPSA) is 88.3 Å². The predicted molar refractivity (Wildman–Crippen MR) is 111 cm³/mol. The maximum atomic E-state index is 13.9. The third-order valence-corrected chi connectivity index (χ3v) is 6.16. The van der Waals surface area contributed by atoms with Crippen LogP contribution < -0.4 is 4.90 Å². The van der Waals surface area contributed by atoms with E-state index in [2.05, 4.69) is 17.0 Å². The van der Waals surface area contributed by atoms with Gasteiger partial charge in [-0.05, 0) is 42.2 Å². The van der Waals surface area contributed by atoms with Gasteiger partial charge in [-0.1, -0.05) is 24.6 Å². The van der Waals surface area contributed by atoms with Crippen molar-refractivity contribution in [3.05, 3.63) is 70.3 Å². The van der Waals surface area contributed by atoms with E-state index in [1.165, 1.54) is 6.20 Å². The van der Waals surface area contributed by atoms with Gasteiger partial charge in [0, 0.05) is 36.1 Å². The molecule has 1 aliphatic heterocycles. The van der Waals surface area contributed by atoms with Crippen LogP contribution in [0.1, 0.15) is 40.5 Å². The number of carboxylic acids is 1. The third kappa shape index (κ3) is 2.65. The lowest BCUT2D eigenvalue weighted by Gasteiger charge is -2.22. The number of carbonyl (C=O) groups excluding carboxylic acids is 1. The van der Waals surface area contributed by atoms with Crippen LogP contribution in [0.5, 0.6) is 0 Å². The minimum Gasteiger partial charge on any atom is -0.478 e. The highest BCUT2D eigenvalue weighted by Crippen LogP contribution is 2.52. The smallest absolute Gasteiger partial charge is 0.337 e. The van der Waals surface area contributed by atoms with Crippen molar-refractivity contribution in [2.45, 2.75) is 38.1 Å². The summed E-state index contributed by atoms with van der Waals surface area (Å²) in [5, 5.41) is 14.2. The minimum absolute atomic E-state index is 0.0642. The van der Waals surface area contributed by atoms with Crippen molar-refractivity contribution in [2.75, 3.05) is 4.90 Å². The van der Waals surface area contributed by atoms with Crippen LogP contribution in [-0.2, 0) is 29.6 Å². The van der Waals surface area contributed by atoms with Crippen molar-refractivity contribution in [3.8, 4) is 0 Å². The first-order valence-corrected chi connectivity index (χ1v) is 10.2. The summed E-state index contributed by atoms with van der Waals surface area (Å²) >= 11 is 6.28. The molecule has 1 aliphatic carbocycles. The van der Waals surface area contributed by atoms with Gasteiger partial charge in [0.1, 0.15) is 0 Å². The number of aryl methyl sites for hydroxylation is 1. The van der Waals surface area contributed by atoms with Gasteiger partial charge in [0.2, 0.25) is 5.91 Å². The second-order valence-corrected chi connectivity index (χ2v) is 8.27. The highest BCUT2D eigenvalue weighted by Gasteiger charge is 2.55. The number of carboxylic acid groups (broad SMARTS) is 1. The van der Waals surface area contributed by atoms with Crippen LogP contribution in [0.25, 0.3) is 0 Å². The SMILES string of the molecule is CCCn1cc(N2C(=O)[C@@]3(Cc4cc(C(=O)O)cnc4C3)c3ccc(Cl)cc32)cn1. The number of fused-ring (bicyclic) bond motifs is 3. The highest BCUT2D eigenvalue weighted by atomic mass is 35.5. The quantitative estimate of drug-likeness (QED) is 0.691. The predicted octanol–water partition coefficient (Wildman–Crippen LogP) is 3.75. The van der Waals surface area contributed by atoms with E-state index in [1.54, 1.807) is 29.3 Å². The van der Waals surface area contributed by atoms with E-state index in [-0.39, 0.29) is 11.5 Å². The standard InChI is InChI=1S/C22H19ClN4O3/c1-2-5-26-12-16(11-25-26)27-19-7-15(23)3-4-17(19)22(21(27)30)8-13-6-14(20(28)29)10-24-18(13)9-22/h3-4,6-7,10-12H,2,5,8-9H2,1H3,(H,28,29)/t22-/m1/s1. The molecule has 30 heavy (non-hydrogen) atoms. The van der Waals surface area contributed by atoms with Crippen molar-refractivity contribution >= 4 is 34.9 Å². The van der Waals surface area contributed by atoms with Gasteiger partial charge in [-0.2, -0.15) is 5.10 Å². The summed E-state index contributed by atoms with van der Waals surface area (Å²) in [4.78, 5) is 31.3. The Morgan fingerprint density at radius 2 is 2.10 bits per heavy atom. The Morgan fingerprint density at radius 1 is 1.27 bits per heavy atom. The van der Waals surface area contributed by atoms with Crippen LogP contribution in [0.3, 0.4) is 0 Å². The van der Waals surface area contributed by atoms with Gasteiger partial charge in [0.05, 0.1) is 28.6 Å². The molecule has 5 rings (SSSR count). The Balaban J connectivity index is 1.62. The number of hydrogen-bond acceptors (Lipinski definition) is 4. The fraction of sp³-hybridized carbons (Fsp3) is 0.273. The number of anilines is 2. The summed E-state index contributed by atoms with van der Waals surface area (Å²) in [5.74, 6) is -1.09. The molecule has 1 amide bonds. The first kappa shape index (κ1) is 18.8. The molecule has 2 aliphatic rings. The van der Waals surface area contributed by atoms with Crippen LogP contribution in [0.2, 0.25) is 5.02 Å². The number of aromatic carboxylic acids is 1. The average Bonchev–Trinajstić information content (AvgIpc) is 3.38. The summed E-state index contributed by atoms with van der Waals surface area (Å²) < 4.78 is 1.82. The van der Waals surface area contributed by atoms with E-state index in [4.69, 9.17) is 11.6 Å². The lowest BCUT2D eigenvalue weighted by atomic mass is 9.79. The maximum Gasteiger partial charge on any atom is 0.337 e. The van der Waals surface area contributed by atoms with Gasteiger partial charge in [0.15, 0.2) is 0 Å². The van der Waals surface area contributed by atoms with Crippen LogP contribution in [0, 0.1) is 0 Å². The number of pyridine rings is 1. The van der Waals surface area contributed by atoms with Crippen molar-refractivity contribution < 1.29 is 14.7 Å². The number of halogens is 1. The van der Waals surface area contributed by atoms with Crippen molar-refractivity contribution in [2.24, 2.45) is 0 Å². The van der Waals surface area contributed by atoms with Crippen molar-refractivity contribution in [3.63, 3.8) is 0 Å². The molecule has 0 unspecified atom stereocenters. The van der Waals surface area contributed by atoms with E-state index >= 15 is 0 Å². The maximum absolute atomic E-state index is 13.9. The first-order valence-electron chi connectivity index (χ1n) is 9.81. The molecular formula is C22H19ClN4O3. The third-order valence-electron chi connectivity index (χ3n) is 5.93. The number of aromatic nitrogens is 3. The van der Waals surface area contributed by atoms with E-state index in [0.29, 0.717) is 23.6 Å². The van der Waals surface area contributed by atoms with E-state index < -0.39 is 11.4 Å². The Hall–Kier alpha value is -3.19. The number of benzene rings is 1. The van der Waals surface area contributed by atoms with Crippen molar-refractivity contribution in [1.82, 2.24) is 14.8 Å². The molecule has 0 radical (unpaired) electrons. The Labute approximate surface area is 177 Å². The lowest BCUT2D eigenvalue weighted by Crippen LogP contribution is -2.39. The minimum atomic E-state index is -1.03. The highest BCUT2D eigenvalue weighted by molar-refractivity contribution is 6.31. The molecule has 8 heteroatoms. The summed E-state index contributed by atoms with van der Waals surface area (Å²) in [6.07, 6.45) is 6.69. The zero-order valence-electron chi connectivity index (χ0n) is 16.3. The largest absolute Gasteiger partial charge is 0.478 e. The fourth-order valence-electron chi connectivity index (χ4n) is 4.59. The number of nitrogens with zero attached hydrogens (tertiary/aromatic N) is 4. The fourth-order valence-corrected chi connectivity index (χ4v) is 4.76. The van der Waals surface area contributed by atoms with E-state index in [9.17, 15) is 14.7 Å². The number of amides is 1. The van der Waals surface area contributed by atoms with E-state index in [0.717, 1.165) is 35.5 Å². The second-order valence-electron chi connectivity index (χ2n) is 7.83. The van der Waals surface area contributed by atoms with E-state index in [1.807, 2.05) is 16.9 Å².